The molecule has 3 aromatic rings. The summed E-state index contributed by atoms with van der Waals surface area (Å²) in [6.07, 6.45) is 5.38. The van der Waals surface area contributed by atoms with Gasteiger partial charge < -0.3 is 9.64 Å². The molecule has 1 aromatic carbocycles. The summed E-state index contributed by atoms with van der Waals surface area (Å²) < 4.78 is 9.15. The van der Waals surface area contributed by atoms with Crippen LogP contribution in [-0.4, -0.2) is 43.8 Å². The topological polar surface area (TPSA) is 69.4 Å². The molecule has 1 aliphatic rings. The largest absolute Gasteiger partial charge is 0.444 e. The molecule has 0 saturated carbocycles. The summed E-state index contributed by atoms with van der Waals surface area (Å²) in [7, 11) is 0. The van der Waals surface area contributed by atoms with E-state index in [9.17, 15) is 9.59 Å². The van der Waals surface area contributed by atoms with Gasteiger partial charge in [-0.3, -0.25) is 14.1 Å². The first kappa shape index (κ1) is 29.1. The first-order valence-electron chi connectivity index (χ1n) is 14.1. The monoisotopic (exact) mass is 542 g/mol. The van der Waals surface area contributed by atoms with E-state index in [0.717, 1.165) is 52.3 Å². The van der Waals surface area contributed by atoms with Gasteiger partial charge in [-0.1, -0.05) is 24.8 Å². The minimum atomic E-state index is -0.492. The van der Waals surface area contributed by atoms with Crippen molar-refractivity contribution in [3.05, 3.63) is 93.9 Å². The molecule has 1 fully saturated rings. The Morgan fingerprint density at radius 1 is 1.10 bits per heavy atom. The number of imidazole rings is 1. The van der Waals surface area contributed by atoms with E-state index in [2.05, 4.69) is 23.7 Å². The molecular weight excluding hydrogens is 500 g/mol. The fraction of sp³-hybridized carbons (Fsp3) is 0.424. The number of amides is 1. The SMILES string of the molecule is C=C(/C=C(\C)c1c(C)n(CC)c(=O)n1-c1ccc(C2CCN(C(=O)OC(C)(C)C)CC2)cc1)c1ccc(C)nc1. The molecule has 40 heavy (non-hydrogen) atoms. The van der Waals surface area contributed by atoms with Crippen LogP contribution in [0.25, 0.3) is 16.8 Å². The van der Waals surface area contributed by atoms with Crippen LogP contribution in [0.1, 0.15) is 81.6 Å². The third kappa shape index (κ3) is 6.30. The molecule has 0 unspecified atom stereocenters. The van der Waals surface area contributed by atoms with Crippen LogP contribution in [-0.2, 0) is 11.3 Å². The summed E-state index contributed by atoms with van der Waals surface area (Å²) in [5.41, 5.74) is 7.04. The number of hydrogen-bond acceptors (Lipinski definition) is 4. The van der Waals surface area contributed by atoms with Gasteiger partial charge in [0.2, 0.25) is 0 Å². The molecule has 0 aliphatic carbocycles. The lowest BCUT2D eigenvalue weighted by Gasteiger charge is -2.33. The lowest BCUT2D eigenvalue weighted by atomic mass is 9.89. The van der Waals surface area contributed by atoms with E-state index < -0.39 is 5.60 Å². The van der Waals surface area contributed by atoms with Crippen LogP contribution in [0.5, 0.6) is 0 Å². The van der Waals surface area contributed by atoms with E-state index >= 15 is 0 Å². The lowest BCUT2D eigenvalue weighted by Crippen LogP contribution is -2.41. The summed E-state index contributed by atoms with van der Waals surface area (Å²) in [4.78, 5) is 32.2. The van der Waals surface area contributed by atoms with Crippen molar-refractivity contribution in [1.29, 1.82) is 0 Å². The molecule has 0 bridgehead atoms. The molecule has 3 heterocycles. The summed E-state index contributed by atoms with van der Waals surface area (Å²) in [5, 5.41) is 0. The minimum absolute atomic E-state index is 0.0521. The maximum atomic E-state index is 13.5. The Morgan fingerprint density at radius 2 is 1.75 bits per heavy atom. The number of rotatable bonds is 6. The molecule has 0 spiro atoms. The summed E-state index contributed by atoms with van der Waals surface area (Å²) >= 11 is 0. The summed E-state index contributed by atoms with van der Waals surface area (Å²) in [5.74, 6) is 0.360. The highest BCUT2D eigenvalue weighted by Gasteiger charge is 2.27. The average molecular weight is 543 g/mol. The van der Waals surface area contributed by atoms with E-state index in [-0.39, 0.29) is 11.8 Å². The molecule has 7 nitrogen and oxygen atoms in total. The highest BCUT2D eigenvalue weighted by Crippen LogP contribution is 2.31. The van der Waals surface area contributed by atoms with Crippen molar-refractivity contribution < 1.29 is 9.53 Å². The highest BCUT2D eigenvalue weighted by atomic mass is 16.6. The predicted octanol–water partition coefficient (Wildman–Crippen LogP) is 6.90. The summed E-state index contributed by atoms with van der Waals surface area (Å²) in [6, 6.07) is 12.3. The molecular formula is C33H42N4O3. The molecule has 7 heteroatoms. The van der Waals surface area contributed by atoms with Gasteiger partial charge in [0.1, 0.15) is 5.60 Å². The number of ether oxygens (including phenoxy) is 1. The Balaban J connectivity index is 1.58. The van der Waals surface area contributed by atoms with E-state index in [1.165, 1.54) is 5.56 Å². The highest BCUT2D eigenvalue weighted by molar-refractivity contribution is 5.82. The maximum absolute atomic E-state index is 13.5. The van der Waals surface area contributed by atoms with Crippen molar-refractivity contribution in [2.24, 2.45) is 0 Å². The van der Waals surface area contributed by atoms with Crippen molar-refractivity contribution in [3.8, 4) is 5.69 Å². The second-order valence-corrected chi connectivity index (χ2v) is 11.7. The van der Waals surface area contributed by atoms with Gasteiger partial charge >= 0.3 is 11.8 Å². The van der Waals surface area contributed by atoms with Crippen LogP contribution in [0, 0.1) is 13.8 Å². The standard InChI is InChI=1S/C33H42N4O3/c1-9-36-25(5)30(23(3)20-22(2)28-11-10-24(4)34-21-28)37(31(36)38)29-14-12-26(13-15-29)27-16-18-35(19-17-27)32(39)40-33(6,7)8/h10-15,20-21,27H,2,9,16-19H2,1,3-8H3/b23-20+. The van der Waals surface area contributed by atoms with Gasteiger partial charge in [0.15, 0.2) is 0 Å². The fourth-order valence-corrected chi connectivity index (χ4v) is 5.41. The number of aromatic nitrogens is 3. The van der Waals surface area contributed by atoms with Gasteiger partial charge in [-0.05, 0) is 114 Å². The predicted molar refractivity (Wildman–Crippen MR) is 162 cm³/mol. The van der Waals surface area contributed by atoms with Gasteiger partial charge in [-0.25, -0.2) is 9.59 Å². The number of carbonyl (C=O) groups excluding carboxylic acids is 1. The van der Waals surface area contributed by atoms with Crippen molar-refractivity contribution in [2.45, 2.75) is 79.4 Å². The van der Waals surface area contributed by atoms with Crippen LogP contribution in [0.2, 0.25) is 0 Å². The van der Waals surface area contributed by atoms with Crippen molar-refractivity contribution in [3.63, 3.8) is 0 Å². The number of allylic oxidation sites excluding steroid dienone is 3. The zero-order valence-corrected chi connectivity index (χ0v) is 25.0. The Kier molecular flexibility index (Phi) is 8.52. The van der Waals surface area contributed by atoms with E-state index in [1.807, 2.05) is 89.6 Å². The molecule has 0 N–H and O–H groups in total. The Hall–Kier alpha value is -3.87. The Bertz CT molecular complexity index is 1460. The van der Waals surface area contributed by atoms with Crippen LogP contribution in [0.3, 0.4) is 0 Å². The van der Waals surface area contributed by atoms with Gasteiger partial charge in [0, 0.05) is 37.2 Å². The van der Waals surface area contributed by atoms with Crippen LogP contribution in [0.4, 0.5) is 4.79 Å². The first-order chi connectivity index (χ1) is 18.9. The second kappa shape index (κ2) is 11.7. The molecule has 1 amide bonds. The number of nitrogens with zero attached hydrogens (tertiary/aromatic N) is 4. The molecule has 212 valence electrons. The zero-order valence-electron chi connectivity index (χ0n) is 25.0. The normalized spacial score (nSPS) is 14.9. The Labute approximate surface area is 237 Å². The van der Waals surface area contributed by atoms with Crippen molar-refractivity contribution >= 4 is 17.2 Å². The number of piperidine rings is 1. The zero-order chi connectivity index (χ0) is 29.2. The summed E-state index contributed by atoms with van der Waals surface area (Å²) in [6.45, 7) is 19.8. The molecule has 0 atom stereocenters. The van der Waals surface area contributed by atoms with Gasteiger partial charge in [0.25, 0.3) is 0 Å². The van der Waals surface area contributed by atoms with Gasteiger partial charge in [-0.2, -0.15) is 0 Å². The third-order valence-electron chi connectivity index (χ3n) is 7.53. The third-order valence-corrected chi connectivity index (χ3v) is 7.53. The number of benzene rings is 1. The van der Waals surface area contributed by atoms with Crippen LogP contribution in [0.15, 0.2) is 60.0 Å². The number of likely N-dealkylation sites (tertiary alicyclic amines) is 1. The molecule has 2 aromatic heterocycles. The first-order valence-corrected chi connectivity index (χ1v) is 14.1. The van der Waals surface area contributed by atoms with Gasteiger partial charge in [-0.15, -0.1) is 0 Å². The fourth-order valence-electron chi connectivity index (χ4n) is 5.41. The quantitative estimate of drug-likeness (QED) is 0.318. The van der Waals surface area contributed by atoms with Crippen molar-refractivity contribution in [2.75, 3.05) is 13.1 Å². The van der Waals surface area contributed by atoms with E-state index in [0.29, 0.717) is 25.6 Å². The number of hydrogen-bond donors (Lipinski definition) is 0. The number of carbonyl (C=O) groups is 1. The van der Waals surface area contributed by atoms with Gasteiger partial charge in [0.05, 0.1) is 11.4 Å². The van der Waals surface area contributed by atoms with Crippen molar-refractivity contribution in [1.82, 2.24) is 19.0 Å². The second-order valence-electron chi connectivity index (χ2n) is 11.7. The Morgan fingerprint density at radius 3 is 2.30 bits per heavy atom. The van der Waals surface area contributed by atoms with E-state index in [1.54, 1.807) is 9.47 Å². The molecule has 1 saturated heterocycles. The molecule has 4 rings (SSSR count). The maximum Gasteiger partial charge on any atom is 0.410 e. The molecule has 0 radical (unpaired) electrons. The minimum Gasteiger partial charge on any atom is -0.444 e. The smallest absolute Gasteiger partial charge is 0.410 e. The molecule has 1 aliphatic heterocycles. The average Bonchev–Trinajstić information content (AvgIpc) is 3.17. The van der Waals surface area contributed by atoms with E-state index in [4.69, 9.17) is 4.74 Å². The number of pyridine rings is 1. The van der Waals surface area contributed by atoms with Crippen LogP contribution < -0.4 is 5.69 Å². The van der Waals surface area contributed by atoms with Crippen LogP contribution >= 0.6 is 0 Å². The lowest BCUT2D eigenvalue weighted by molar-refractivity contribution is 0.0205. The number of aryl methyl sites for hydroxylation is 1.